The number of alkyl halides is 3. The summed E-state index contributed by atoms with van der Waals surface area (Å²) in [6, 6.07) is 4.51. The molecule has 3 aromatic rings. The number of nitrogens with zero attached hydrogens (tertiary/aromatic N) is 4. The number of thioether (sulfide) groups is 1. The summed E-state index contributed by atoms with van der Waals surface area (Å²) in [6.07, 6.45) is -3.65. The Morgan fingerprint density at radius 3 is 2.67 bits per heavy atom. The lowest BCUT2D eigenvalue weighted by atomic mass is 10.2. The fourth-order valence-corrected chi connectivity index (χ4v) is 3.09. The van der Waals surface area contributed by atoms with E-state index in [1.54, 1.807) is 29.4 Å². The largest absolute Gasteiger partial charge is 0.417 e. The number of rotatable bonds is 3. The molecule has 2 N–H and O–H groups in total. The maximum absolute atomic E-state index is 12.9. The first kappa shape index (κ1) is 16.6. The minimum Gasteiger partial charge on any atom is -0.384 e. The first-order valence-electron chi connectivity index (χ1n) is 7.10. The molecule has 3 aromatic heterocycles. The topological polar surface area (TPSA) is 69.6 Å². The molecule has 0 spiro atoms. The molecule has 0 aliphatic carbocycles. The molecule has 0 aromatic carbocycles. The van der Waals surface area contributed by atoms with E-state index in [1.165, 1.54) is 0 Å². The van der Waals surface area contributed by atoms with Crippen molar-refractivity contribution in [2.75, 3.05) is 11.5 Å². The maximum Gasteiger partial charge on any atom is 0.417 e. The maximum atomic E-state index is 12.9. The summed E-state index contributed by atoms with van der Waals surface area (Å²) in [7, 11) is 1.69. The van der Waals surface area contributed by atoms with E-state index < -0.39 is 11.7 Å². The standard InChI is InChI=1S/C15H14F3N5S/c1-3-24-10-4-5-11(19)22-12(10)14-21-9-6-8(15(16,17)18)7-20-13(9)23(14)2/h4-7H,3H2,1-2H3,(H2,19,22). The number of nitrogens with two attached hydrogens (primary N) is 1. The lowest BCUT2D eigenvalue weighted by molar-refractivity contribution is -0.137. The zero-order valence-electron chi connectivity index (χ0n) is 12.9. The summed E-state index contributed by atoms with van der Waals surface area (Å²) in [5, 5.41) is 0. The number of hydrogen-bond donors (Lipinski definition) is 1. The third-order valence-corrected chi connectivity index (χ3v) is 4.36. The lowest BCUT2D eigenvalue weighted by Gasteiger charge is -2.08. The Labute approximate surface area is 140 Å². The molecule has 0 bridgehead atoms. The van der Waals surface area contributed by atoms with E-state index in [0.29, 0.717) is 23.0 Å². The predicted molar refractivity (Wildman–Crippen MR) is 87.6 cm³/mol. The highest BCUT2D eigenvalue weighted by molar-refractivity contribution is 7.99. The van der Waals surface area contributed by atoms with Gasteiger partial charge in [-0.2, -0.15) is 13.2 Å². The SMILES string of the molecule is CCSc1ccc(N)nc1-c1nc2cc(C(F)(F)F)cnc2n1C. The van der Waals surface area contributed by atoms with Gasteiger partial charge in [-0.15, -0.1) is 11.8 Å². The number of pyridine rings is 2. The minimum atomic E-state index is -4.46. The van der Waals surface area contributed by atoms with E-state index >= 15 is 0 Å². The number of aromatic nitrogens is 4. The van der Waals surface area contributed by atoms with Crippen LogP contribution >= 0.6 is 11.8 Å². The van der Waals surface area contributed by atoms with Crippen LogP contribution in [0.25, 0.3) is 22.7 Å². The molecular formula is C15H14F3N5S. The summed E-state index contributed by atoms with van der Waals surface area (Å²) in [6.45, 7) is 2.00. The average molecular weight is 353 g/mol. The zero-order chi connectivity index (χ0) is 17.5. The van der Waals surface area contributed by atoms with E-state index in [-0.39, 0.29) is 5.52 Å². The van der Waals surface area contributed by atoms with Crippen LogP contribution in [-0.2, 0) is 13.2 Å². The minimum absolute atomic E-state index is 0.166. The highest BCUT2D eigenvalue weighted by Crippen LogP contribution is 2.34. The molecule has 0 aliphatic heterocycles. The van der Waals surface area contributed by atoms with Crippen LogP contribution in [0.4, 0.5) is 19.0 Å². The normalized spacial score (nSPS) is 12.0. The van der Waals surface area contributed by atoms with Gasteiger partial charge in [0, 0.05) is 18.1 Å². The van der Waals surface area contributed by atoms with Gasteiger partial charge in [0.25, 0.3) is 0 Å². The van der Waals surface area contributed by atoms with Crippen LogP contribution in [0.2, 0.25) is 0 Å². The van der Waals surface area contributed by atoms with E-state index in [1.807, 2.05) is 13.0 Å². The molecular weight excluding hydrogens is 339 g/mol. The van der Waals surface area contributed by atoms with Crippen molar-refractivity contribution >= 4 is 28.7 Å². The van der Waals surface area contributed by atoms with Crippen LogP contribution in [-0.4, -0.2) is 25.3 Å². The molecule has 0 saturated carbocycles. The molecule has 3 heterocycles. The summed E-state index contributed by atoms with van der Waals surface area (Å²) < 4.78 is 40.2. The number of fused-ring (bicyclic) bond motifs is 1. The number of hydrogen-bond acceptors (Lipinski definition) is 5. The Kier molecular flexibility index (Phi) is 4.12. The van der Waals surface area contributed by atoms with E-state index in [4.69, 9.17) is 5.73 Å². The van der Waals surface area contributed by atoms with Crippen molar-refractivity contribution in [3.05, 3.63) is 30.0 Å². The molecule has 24 heavy (non-hydrogen) atoms. The summed E-state index contributed by atoms with van der Waals surface area (Å²) in [5.41, 5.74) is 5.99. The van der Waals surface area contributed by atoms with E-state index in [9.17, 15) is 13.2 Å². The van der Waals surface area contributed by atoms with Crippen LogP contribution in [0, 0.1) is 0 Å². The van der Waals surface area contributed by atoms with Gasteiger partial charge in [0.05, 0.1) is 5.56 Å². The Hall–Kier alpha value is -2.29. The van der Waals surface area contributed by atoms with Crippen LogP contribution in [0.3, 0.4) is 0 Å². The predicted octanol–water partition coefficient (Wildman–Crippen LogP) is 3.74. The Balaban J connectivity index is 2.21. The Morgan fingerprint density at radius 2 is 2.00 bits per heavy atom. The molecule has 0 amide bonds. The summed E-state index contributed by atoms with van der Waals surface area (Å²) in [5.74, 6) is 1.57. The quantitative estimate of drug-likeness (QED) is 0.727. The molecule has 0 radical (unpaired) electrons. The summed E-state index contributed by atoms with van der Waals surface area (Å²) in [4.78, 5) is 13.4. The number of imidazole rings is 1. The molecule has 5 nitrogen and oxygen atoms in total. The van der Waals surface area contributed by atoms with Crippen LogP contribution in [0.1, 0.15) is 12.5 Å². The number of halogens is 3. The second-order valence-corrected chi connectivity index (χ2v) is 6.38. The van der Waals surface area contributed by atoms with Gasteiger partial charge in [-0.3, -0.25) is 0 Å². The second-order valence-electron chi connectivity index (χ2n) is 5.07. The molecule has 0 atom stereocenters. The molecule has 0 fully saturated rings. The second kappa shape index (κ2) is 5.97. The van der Waals surface area contributed by atoms with Crippen molar-refractivity contribution in [2.45, 2.75) is 18.0 Å². The number of nitrogen functional groups attached to an aromatic ring is 1. The Bertz CT molecular complexity index is 904. The molecule has 3 rings (SSSR count). The lowest BCUT2D eigenvalue weighted by Crippen LogP contribution is -2.05. The summed E-state index contributed by atoms with van der Waals surface area (Å²) >= 11 is 1.56. The Morgan fingerprint density at radius 1 is 1.25 bits per heavy atom. The fourth-order valence-electron chi connectivity index (χ4n) is 2.34. The van der Waals surface area contributed by atoms with Gasteiger partial charge in [0.15, 0.2) is 11.5 Å². The van der Waals surface area contributed by atoms with Crippen LogP contribution in [0.5, 0.6) is 0 Å². The van der Waals surface area contributed by atoms with Crippen molar-refractivity contribution < 1.29 is 13.2 Å². The fraction of sp³-hybridized carbons (Fsp3) is 0.267. The van der Waals surface area contributed by atoms with Gasteiger partial charge < -0.3 is 10.3 Å². The molecule has 0 unspecified atom stereocenters. The molecule has 126 valence electrons. The number of aryl methyl sites for hydroxylation is 1. The van der Waals surface area contributed by atoms with Crippen molar-refractivity contribution in [2.24, 2.45) is 7.05 Å². The van der Waals surface area contributed by atoms with Crippen molar-refractivity contribution in [1.29, 1.82) is 0 Å². The highest BCUT2D eigenvalue weighted by Gasteiger charge is 2.32. The third kappa shape index (κ3) is 2.91. The van der Waals surface area contributed by atoms with Crippen LogP contribution in [0.15, 0.2) is 29.3 Å². The highest BCUT2D eigenvalue weighted by atomic mass is 32.2. The first-order chi connectivity index (χ1) is 11.3. The third-order valence-electron chi connectivity index (χ3n) is 3.43. The molecule has 9 heteroatoms. The van der Waals surface area contributed by atoms with Crippen LogP contribution < -0.4 is 5.73 Å². The van der Waals surface area contributed by atoms with Gasteiger partial charge >= 0.3 is 6.18 Å². The van der Waals surface area contributed by atoms with Crippen molar-refractivity contribution in [3.63, 3.8) is 0 Å². The van der Waals surface area contributed by atoms with E-state index in [0.717, 1.165) is 22.9 Å². The molecule has 0 aliphatic rings. The smallest absolute Gasteiger partial charge is 0.384 e. The van der Waals surface area contributed by atoms with Gasteiger partial charge in [-0.05, 0) is 24.0 Å². The monoisotopic (exact) mass is 353 g/mol. The number of anilines is 1. The van der Waals surface area contributed by atoms with Crippen molar-refractivity contribution in [3.8, 4) is 11.5 Å². The van der Waals surface area contributed by atoms with E-state index in [2.05, 4.69) is 15.0 Å². The zero-order valence-corrected chi connectivity index (χ0v) is 13.7. The van der Waals surface area contributed by atoms with Crippen molar-refractivity contribution in [1.82, 2.24) is 19.5 Å². The van der Waals surface area contributed by atoms with Gasteiger partial charge in [-0.1, -0.05) is 6.92 Å². The van der Waals surface area contributed by atoms with Gasteiger partial charge in [-0.25, -0.2) is 15.0 Å². The first-order valence-corrected chi connectivity index (χ1v) is 8.09. The molecule has 0 saturated heterocycles. The van der Waals surface area contributed by atoms with Gasteiger partial charge in [0.2, 0.25) is 0 Å². The van der Waals surface area contributed by atoms with Gasteiger partial charge in [0.1, 0.15) is 17.0 Å². The average Bonchev–Trinajstić information content (AvgIpc) is 2.85.